The Morgan fingerprint density at radius 3 is 3.10 bits per heavy atom. The second-order valence-corrected chi connectivity index (χ2v) is 4.90. The third-order valence-corrected chi connectivity index (χ3v) is 3.64. The summed E-state index contributed by atoms with van der Waals surface area (Å²) >= 11 is 0. The van der Waals surface area contributed by atoms with E-state index in [-0.39, 0.29) is 11.9 Å². The van der Waals surface area contributed by atoms with Gasteiger partial charge in [0.2, 0.25) is 5.91 Å². The summed E-state index contributed by atoms with van der Waals surface area (Å²) in [6, 6.07) is 8.09. The maximum Gasteiger partial charge on any atom is 0.228 e. The highest BCUT2D eigenvalue weighted by Gasteiger charge is 2.28. The Balaban J connectivity index is 1.70. The van der Waals surface area contributed by atoms with Crippen LogP contribution in [0, 0.1) is 0 Å². The first-order chi connectivity index (χ1) is 9.75. The molecule has 6 nitrogen and oxygen atoms in total. The third-order valence-electron chi connectivity index (χ3n) is 3.64. The van der Waals surface area contributed by atoms with Crippen LogP contribution < -0.4 is 10.2 Å². The molecule has 1 aliphatic rings. The summed E-state index contributed by atoms with van der Waals surface area (Å²) in [6.07, 6.45) is 2.76. The molecule has 6 heteroatoms. The first kappa shape index (κ1) is 12.8. The molecule has 1 aliphatic heterocycles. The molecule has 1 aromatic carbocycles. The molecule has 2 heterocycles. The van der Waals surface area contributed by atoms with E-state index in [1.54, 1.807) is 4.90 Å². The molecule has 0 saturated heterocycles. The van der Waals surface area contributed by atoms with Crippen molar-refractivity contribution < 1.29 is 4.79 Å². The molecule has 0 bridgehead atoms. The molecule has 0 fully saturated rings. The van der Waals surface area contributed by atoms with Gasteiger partial charge >= 0.3 is 0 Å². The van der Waals surface area contributed by atoms with Crippen LogP contribution in [0.25, 0.3) is 0 Å². The zero-order valence-corrected chi connectivity index (χ0v) is 11.3. The van der Waals surface area contributed by atoms with Gasteiger partial charge < -0.3 is 10.2 Å². The summed E-state index contributed by atoms with van der Waals surface area (Å²) in [7, 11) is 1.83. The van der Waals surface area contributed by atoms with Crippen molar-refractivity contribution in [1.82, 2.24) is 20.5 Å². The summed E-state index contributed by atoms with van der Waals surface area (Å²) in [5.41, 5.74) is 2.16. The van der Waals surface area contributed by atoms with Crippen LogP contribution in [0.15, 0.2) is 30.6 Å². The second-order valence-electron chi connectivity index (χ2n) is 4.90. The fourth-order valence-electron chi connectivity index (χ4n) is 2.54. The Labute approximate surface area is 117 Å². The van der Waals surface area contributed by atoms with Crippen LogP contribution in [0.5, 0.6) is 0 Å². The van der Waals surface area contributed by atoms with Gasteiger partial charge in [0.25, 0.3) is 0 Å². The molecule has 1 aromatic heterocycles. The molecule has 20 heavy (non-hydrogen) atoms. The molecule has 1 unspecified atom stereocenters. The minimum Gasteiger partial charge on any atom is -0.315 e. The zero-order chi connectivity index (χ0) is 13.9. The first-order valence-corrected chi connectivity index (χ1v) is 6.69. The van der Waals surface area contributed by atoms with E-state index in [0.29, 0.717) is 6.42 Å². The number of para-hydroxylation sites is 1. The van der Waals surface area contributed by atoms with Crippen molar-refractivity contribution in [3.05, 3.63) is 42.0 Å². The minimum atomic E-state index is 0.0674. The molecule has 104 valence electrons. The third kappa shape index (κ3) is 2.42. The second kappa shape index (κ2) is 5.42. The smallest absolute Gasteiger partial charge is 0.228 e. The highest BCUT2D eigenvalue weighted by atomic mass is 16.2. The number of carbonyl (C=O) groups is 1. The van der Waals surface area contributed by atoms with E-state index in [0.717, 1.165) is 24.5 Å². The minimum absolute atomic E-state index is 0.0674. The average Bonchev–Trinajstić information content (AvgIpc) is 2.97. The molecule has 0 saturated carbocycles. The molecule has 0 spiro atoms. The summed E-state index contributed by atoms with van der Waals surface area (Å²) in [4.78, 5) is 17.8. The zero-order valence-electron chi connectivity index (χ0n) is 11.3. The van der Waals surface area contributed by atoms with Crippen molar-refractivity contribution >= 4 is 11.6 Å². The Kier molecular flexibility index (Phi) is 3.47. The van der Waals surface area contributed by atoms with E-state index < -0.39 is 0 Å². The molecular formula is C14H17N5O. The molecule has 1 atom stereocenters. The standard InChI is InChI=1S/C14H17N5O/c1-19-12-5-3-2-4-10(12)11(8-14(19)20)15-7-6-13-16-9-17-18-13/h2-5,9,11,15H,6-8H2,1H3,(H,16,17,18). The van der Waals surface area contributed by atoms with Crippen molar-refractivity contribution in [3.8, 4) is 0 Å². The number of rotatable bonds is 4. The van der Waals surface area contributed by atoms with Crippen molar-refractivity contribution in [2.75, 3.05) is 18.5 Å². The van der Waals surface area contributed by atoms with Crippen LogP contribution in [0.1, 0.15) is 23.9 Å². The van der Waals surface area contributed by atoms with Crippen molar-refractivity contribution in [1.29, 1.82) is 0 Å². The largest absolute Gasteiger partial charge is 0.315 e. The highest BCUT2D eigenvalue weighted by molar-refractivity contribution is 5.96. The Morgan fingerprint density at radius 2 is 2.30 bits per heavy atom. The lowest BCUT2D eigenvalue weighted by Gasteiger charge is -2.32. The number of fused-ring (bicyclic) bond motifs is 1. The lowest BCUT2D eigenvalue weighted by atomic mass is 9.96. The van der Waals surface area contributed by atoms with Gasteiger partial charge in [0.1, 0.15) is 12.2 Å². The summed E-state index contributed by atoms with van der Waals surface area (Å²) in [5, 5.41) is 10.1. The van der Waals surface area contributed by atoms with Gasteiger partial charge in [0.15, 0.2) is 0 Å². The highest BCUT2D eigenvalue weighted by Crippen LogP contribution is 2.33. The van der Waals surface area contributed by atoms with Crippen LogP contribution in [-0.2, 0) is 11.2 Å². The Morgan fingerprint density at radius 1 is 1.45 bits per heavy atom. The normalized spacial score (nSPS) is 18.1. The van der Waals surface area contributed by atoms with Gasteiger partial charge in [0.05, 0.1) is 0 Å². The molecular weight excluding hydrogens is 254 g/mol. The average molecular weight is 271 g/mol. The topological polar surface area (TPSA) is 73.9 Å². The Hall–Kier alpha value is -2.21. The number of hydrogen-bond donors (Lipinski definition) is 2. The van der Waals surface area contributed by atoms with Gasteiger partial charge in [-0.3, -0.25) is 9.89 Å². The van der Waals surface area contributed by atoms with Crippen LogP contribution in [0.3, 0.4) is 0 Å². The van der Waals surface area contributed by atoms with Crippen LogP contribution >= 0.6 is 0 Å². The molecule has 3 rings (SSSR count). The van der Waals surface area contributed by atoms with Gasteiger partial charge in [-0.1, -0.05) is 18.2 Å². The van der Waals surface area contributed by atoms with Gasteiger partial charge in [0, 0.05) is 38.2 Å². The van der Waals surface area contributed by atoms with Crippen LogP contribution in [0.4, 0.5) is 5.69 Å². The maximum atomic E-state index is 12.0. The molecule has 0 radical (unpaired) electrons. The van der Waals surface area contributed by atoms with Crippen LogP contribution in [-0.4, -0.2) is 34.7 Å². The van der Waals surface area contributed by atoms with Gasteiger partial charge in [-0.25, -0.2) is 4.98 Å². The fourth-order valence-corrected chi connectivity index (χ4v) is 2.54. The van der Waals surface area contributed by atoms with E-state index in [2.05, 4.69) is 26.6 Å². The van der Waals surface area contributed by atoms with Gasteiger partial charge in [-0.15, -0.1) is 0 Å². The molecule has 2 N–H and O–H groups in total. The monoisotopic (exact) mass is 271 g/mol. The van der Waals surface area contributed by atoms with E-state index in [1.807, 2.05) is 25.2 Å². The van der Waals surface area contributed by atoms with Crippen molar-refractivity contribution in [2.24, 2.45) is 0 Å². The van der Waals surface area contributed by atoms with E-state index in [4.69, 9.17) is 0 Å². The lowest BCUT2D eigenvalue weighted by molar-refractivity contribution is -0.119. The molecule has 0 aliphatic carbocycles. The van der Waals surface area contributed by atoms with Gasteiger partial charge in [-0.05, 0) is 11.6 Å². The van der Waals surface area contributed by atoms with Crippen molar-refractivity contribution in [3.63, 3.8) is 0 Å². The summed E-state index contributed by atoms with van der Waals surface area (Å²) < 4.78 is 0. The van der Waals surface area contributed by atoms with Crippen molar-refractivity contribution in [2.45, 2.75) is 18.9 Å². The van der Waals surface area contributed by atoms with E-state index in [1.165, 1.54) is 11.9 Å². The number of H-pyrrole nitrogens is 1. The molecule has 1 amide bonds. The first-order valence-electron chi connectivity index (χ1n) is 6.69. The van der Waals surface area contributed by atoms with E-state index >= 15 is 0 Å². The Bertz CT molecular complexity index is 595. The predicted octanol–water partition coefficient (Wildman–Crippen LogP) is 1.04. The summed E-state index contributed by atoms with van der Waals surface area (Å²) in [5.74, 6) is 0.992. The van der Waals surface area contributed by atoms with Gasteiger partial charge in [-0.2, -0.15) is 5.10 Å². The number of hydrogen-bond acceptors (Lipinski definition) is 4. The predicted molar refractivity (Wildman–Crippen MR) is 75.3 cm³/mol. The number of carbonyl (C=O) groups excluding carboxylic acids is 1. The van der Waals surface area contributed by atoms with Crippen LogP contribution in [0.2, 0.25) is 0 Å². The quantitative estimate of drug-likeness (QED) is 0.871. The fraction of sp³-hybridized carbons (Fsp3) is 0.357. The number of aromatic amines is 1. The number of benzene rings is 1. The number of aromatic nitrogens is 3. The number of nitrogens with one attached hydrogen (secondary N) is 2. The maximum absolute atomic E-state index is 12.0. The number of nitrogens with zero attached hydrogens (tertiary/aromatic N) is 3. The lowest BCUT2D eigenvalue weighted by Crippen LogP contribution is -2.38. The van der Waals surface area contributed by atoms with E-state index in [9.17, 15) is 4.79 Å². The molecule has 2 aromatic rings. The summed E-state index contributed by atoms with van der Waals surface area (Å²) in [6.45, 7) is 0.755. The number of anilines is 1. The SMILES string of the molecule is CN1C(=O)CC(NCCc2ncn[nH]2)c2ccccc21. The number of amides is 1.